The van der Waals surface area contributed by atoms with Crippen LogP contribution >= 0.6 is 39.3 Å². The van der Waals surface area contributed by atoms with E-state index in [1.165, 1.54) is 11.8 Å². The molecule has 0 saturated carbocycles. The van der Waals surface area contributed by atoms with E-state index in [-0.39, 0.29) is 18.3 Å². The Hall–Kier alpha value is -0.270. The molecular weight excluding hydrogens is 342 g/mol. The van der Waals surface area contributed by atoms with E-state index < -0.39 is 6.10 Å². The number of carbonyl (C=O) groups is 1. The number of carbonyl (C=O) groups excluding carboxylic acids is 1. The number of amides is 1. The molecule has 100 valence electrons. The lowest BCUT2D eigenvalue weighted by atomic mass is 10.3. The Labute approximate surface area is 123 Å². The van der Waals surface area contributed by atoms with Crippen LogP contribution in [0.3, 0.4) is 0 Å². The van der Waals surface area contributed by atoms with E-state index in [0.29, 0.717) is 16.5 Å². The van der Waals surface area contributed by atoms with Gasteiger partial charge < -0.3 is 15.5 Å². The van der Waals surface area contributed by atoms with Crippen molar-refractivity contribution in [3.05, 3.63) is 27.7 Å². The fourth-order valence-corrected chi connectivity index (χ4v) is 2.59. The van der Waals surface area contributed by atoms with E-state index in [9.17, 15) is 4.79 Å². The van der Waals surface area contributed by atoms with Gasteiger partial charge in [-0.05, 0) is 18.2 Å². The fourth-order valence-electron chi connectivity index (χ4n) is 1.12. The Kier molecular flexibility index (Phi) is 7.03. The Bertz CT molecular complexity index is 419. The number of hydrogen-bond acceptors (Lipinski definition) is 4. The van der Waals surface area contributed by atoms with Gasteiger partial charge in [-0.2, -0.15) is 0 Å². The Morgan fingerprint density at radius 3 is 2.89 bits per heavy atom. The SMILES string of the molecule is O=C(CSCC(O)CO)Nc1ccc(Br)cc1Cl. The summed E-state index contributed by atoms with van der Waals surface area (Å²) in [7, 11) is 0. The zero-order chi connectivity index (χ0) is 13.5. The largest absolute Gasteiger partial charge is 0.394 e. The summed E-state index contributed by atoms with van der Waals surface area (Å²) < 4.78 is 0.839. The third-order valence-corrected chi connectivity index (χ3v) is 3.85. The third kappa shape index (κ3) is 5.58. The van der Waals surface area contributed by atoms with Crippen molar-refractivity contribution in [1.29, 1.82) is 0 Å². The van der Waals surface area contributed by atoms with E-state index in [4.69, 9.17) is 21.8 Å². The first-order valence-electron chi connectivity index (χ1n) is 5.14. The van der Waals surface area contributed by atoms with Crippen molar-refractivity contribution in [2.45, 2.75) is 6.10 Å². The zero-order valence-corrected chi connectivity index (χ0v) is 12.6. The molecule has 1 rings (SSSR count). The van der Waals surface area contributed by atoms with Crippen molar-refractivity contribution in [3.8, 4) is 0 Å². The van der Waals surface area contributed by atoms with E-state index in [1.54, 1.807) is 18.2 Å². The molecule has 1 atom stereocenters. The summed E-state index contributed by atoms with van der Waals surface area (Å²) in [6, 6.07) is 5.18. The number of anilines is 1. The minimum Gasteiger partial charge on any atom is -0.394 e. The van der Waals surface area contributed by atoms with Crippen molar-refractivity contribution in [3.63, 3.8) is 0 Å². The maximum Gasteiger partial charge on any atom is 0.234 e. The number of benzene rings is 1. The summed E-state index contributed by atoms with van der Waals surface area (Å²) in [4.78, 5) is 11.6. The monoisotopic (exact) mass is 353 g/mol. The summed E-state index contributed by atoms with van der Waals surface area (Å²) in [5.74, 6) is 0.316. The molecule has 0 saturated heterocycles. The molecular formula is C11H13BrClNO3S. The molecule has 0 heterocycles. The first-order chi connectivity index (χ1) is 8.52. The summed E-state index contributed by atoms with van der Waals surface area (Å²) in [5, 5.41) is 20.8. The highest BCUT2D eigenvalue weighted by Gasteiger charge is 2.08. The molecule has 0 aromatic heterocycles. The minimum atomic E-state index is -0.793. The Morgan fingerprint density at radius 2 is 2.28 bits per heavy atom. The average Bonchev–Trinajstić information content (AvgIpc) is 2.32. The van der Waals surface area contributed by atoms with Gasteiger partial charge in [0.2, 0.25) is 5.91 Å². The molecule has 0 aliphatic carbocycles. The Morgan fingerprint density at radius 1 is 1.56 bits per heavy atom. The summed E-state index contributed by atoms with van der Waals surface area (Å²) >= 11 is 10.5. The molecule has 0 spiro atoms. The molecule has 18 heavy (non-hydrogen) atoms. The highest BCUT2D eigenvalue weighted by atomic mass is 79.9. The van der Waals surface area contributed by atoms with Gasteiger partial charge in [0.15, 0.2) is 0 Å². The molecule has 0 aliphatic heterocycles. The van der Waals surface area contributed by atoms with Crippen LogP contribution in [-0.4, -0.2) is 40.3 Å². The van der Waals surface area contributed by atoms with Crippen molar-refractivity contribution in [2.24, 2.45) is 0 Å². The molecule has 0 fully saturated rings. The maximum atomic E-state index is 11.6. The van der Waals surface area contributed by atoms with E-state index in [1.807, 2.05) is 0 Å². The molecule has 1 unspecified atom stereocenters. The average molecular weight is 355 g/mol. The van der Waals surface area contributed by atoms with Crippen LogP contribution in [0, 0.1) is 0 Å². The summed E-state index contributed by atoms with van der Waals surface area (Å²) in [6.07, 6.45) is -0.793. The Balaban J connectivity index is 2.40. The predicted molar refractivity (Wildman–Crippen MR) is 78.2 cm³/mol. The molecule has 1 amide bonds. The molecule has 4 nitrogen and oxygen atoms in total. The standard InChI is InChI=1S/C11H13BrClNO3S/c12-7-1-2-10(9(13)3-7)14-11(17)6-18-5-8(16)4-15/h1-3,8,15-16H,4-6H2,(H,14,17). The molecule has 1 aromatic carbocycles. The van der Waals surface area contributed by atoms with Gasteiger partial charge in [0.05, 0.1) is 29.2 Å². The topological polar surface area (TPSA) is 69.6 Å². The molecule has 0 aliphatic rings. The van der Waals surface area contributed by atoms with Crippen LogP contribution in [0.2, 0.25) is 5.02 Å². The minimum absolute atomic E-state index is 0.198. The zero-order valence-electron chi connectivity index (χ0n) is 9.40. The second-order valence-corrected chi connectivity index (χ2v) is 5.88. The van der Waals surface area contributed by atoms with E-state index >= 15 is 0 Å². The summed E-state index contributed by atoms with van der Waals surface area (Å²) in [6.45, 7) is -0.298. The smallest absolute Gasteiger partial charge is 0.234 e. The van der Waals surface area contributed by atoms with Gasteiger partial charge in [0, 0.05) is 10.2 Å². The lowest BCUT2D eigenvalue weighted by Crippen LogP contribution is -2.19. The molecule has 0 bridgehead atoms. The summed E-state index contributed by atoms with van der Waals surface area (Å²) in [5.41, 5.74) is 0.549. The van der Waals surface area contributed by atoms with Crippen molar-refractivity contribution < 1.29 is 15.0 Å². The number of aliphatic hydroxyl groups is 2. The van der Waals surface area contributed by atoms with Crippen LogP contribution in [0.5, 0.6) is 0 Å². The van der Waals surface area contributed by atoms with Gasteiger partial charge in [0.25, 0.3) is 0 Å². The number of halogens is 2. The van der Waals surface area contributed by atoms with Crippen molar-refractivity contribution in [1.82, 2.24) is 0 Å². The number of hydrogen-bond donors (Lipinski definition) is 3. The lowest BCUT2D eigenvalue weighted by molar-refractivity contribution is -0.113. The highest BCUT2D eigenvalue weighted by molar-refractivity contribution is 9.10. The van der Waals surface area contributed by atoms with E-state index in [2.05, 4.69) is 21.2 Å². The van der Waals surface area contributed by atoms with Crippen LogP contribution in [0.4, 0.5) is 5.69 Å². The van der Waals surface area contributed by atoms with Gasteiger partial charge in [-0.1, -0.05) is 27.5 Å². The number of thioether (sulfide) groups is 1. The second kappa shape index (κ2) is 8.01. The van der Waals surface area contributed by atoms with Crippen LogP contribution in [0.1, 0.15) is 0 Å². The normalized spacial score (nSPS) is 12.2. The van der Waals surface area contributed by atoms with Gasteiger partial charge in [-0.25, -0.2) is 0 Å². The number of nitrogens with one attached hydrogen (secondary N) is 1. The molecule has 7 heteroatoms. The van der Waals surface area contributed by atoms with Crippen molar-refractivity contribution in [2.75, 3.05) is 23.4 Å². The van der Waals surface area contributed by atoms with Crippen LogP contribution in [-0.2, 0) is 4.79 Å². The first kappa shape index (κ1) is 15.8. The molecule has 3 N–H and O–H groups in total. The van der Waals surface area contributed by atoms with Crippen LogP contribution in [0.15, 0.2) is 22.7 Å². The maximum absolute atomic E-state index is 11.6. The third-order valence-electron chi connectivity index (χ3n) is 1.96. The second-order valence-electron chi connectivity index (χ2n) is 3.52. The first-order valence-corrected chi connectivity index (χ1v) is 7.47. The van der Waals surface area contributed by atoms with Gasteiger partial charge in [-0.15, -0.1) is 11.8 Å². The quantitative estimate of drug-likeness (QED) is 0.732. The lowest BCUT2D eigenvalue weighted by Gasteiger charge is -2.08. The van der Waals surface area contributed by atoms with Gasteiger partial charge in [-0.3, -0.25) is 4.79 Å². The molecule has 0 radical (unpaired) electrons. The predicted octanol–water partition coefficient (Wildman–Crippen LogP) is 2.13. The van der Waals surface area contributed by atoms with Crippen molar-refractivity contribution >= 4 is 50.9 Å². The van der Waals surface area contributed by atoms with Crippen LogP contribution < -0.4 is 5.32 Å². The number of rotatable bonds is 6. The van der Waals surface area contributed by atoms with E-state index in [0.717, 1.165) is 4.47 Å². The van der Waals surface area contributed by atoms with Crippen LogP contribution in [0.25, 0.3) is 0 Å². The fraction of sp³-hybridized carbons (Fsp3) is 0.364. The number of aliphatic hydroxyl groups excluding tert-OH is 2. The van der Waals surface area contributed by atoms with Gasteiger partial charge in [0.1, 0.15) is 0 Å². The highest BCUT2D eigenvalue weighted by Crippen LogP contribution is 2.25. The molecule has 1 aromatic rings. The van der Waals surface area contributed by atoms with Gasteiger partial charge >= 0.3 is 0 Å².